The fourth-order valence-corrected chi connectivity index (χ4v) is 3.56. The van der Waals surface area contributed by atoms with Crippen LogP contribution in [-0.4, -0.2) is 55.4 Å². The van der Waals surface area contributed by atoms with E-state index in [-0.39, 0.29) is 23.8 Å². The van der Waals surface area contributed by atoms with Crippen LogP contribution < -0.4 is 16.0 Å². The molecule has 0 radical (unpaired) electrons. The minimum absolute atomic E-state index is 0.0369. The summed E-state index contributed by atoms with van der Waals surface area (Å²) in [6.45, 7) is 9.63. The van der Waals surface area contributed by atoms with E-state index < -0.39 is 0 Å². The molecule has 0 spiro atoms. The number of guanidine groups is 1. The molecule has 1 fully saturated rings. The molecule has 0 aliphatic carbocycles. The van der Waals surface area contributed by atoms with Gasteiger partial charge in [-0.2, -0.15) is 0 Å². The molecule has 1 heterocycles. The van der Waals surface area contributed by atoms with Gasteiger partial charge in [-0.15, -0.1) is 0 Å². The van der Waals surface area contributed by atoms with Crippen molar-refractivity contribution in [2.75, 3.05) is 32.7 Å². The first-order valence-electron chi connectivity index (χ1n) is 11.1. The van der Waals surface area contributed by atoms with Crippen LogP contribution in [0.4, 0.5) is 0 Å². The van der Waals surface area contributed by atoms with E-state index in [1.54, 1.807) is 17.0 Å². The molecule has 0 bridgehead atoms. The van der Waals surface area contributed by atoms with Crippen molar-refractivity contribution in [3.8, 4) is 0 Å². The molecule has 0 atom stereocenters. The van der Waals surface area contributed by atoms with Crippen molar-refractivity contribution >= 4 is 17.8 Å². The monoisotopic (exact) mass is 435 g/mol. The van der Waals surface area contributed by atoms with Crippen LogP contribution in [0.1, 0.15) is 42.3 Å². The molecular weight excluding hydrogens is 402 g/mol. The molecule has 7 nitrogen and oxygen atoms in total. The number of carbonyl (C=O) groups excluding carboxylic acids is 2. The number of nitrogens with one attached hydrogen (secondary N) is 3. The topological polar surface area (TPSA) is 85.8 Å². The molecule has 7 heteroatoms. The van der Waals surface area contributed by atoms with Crippen LogP contribution >= 0.6 is 0 Å². The van der Waals surface area contributed by atoms with Gasteiger partial charge in [0.25, 0.3) is 5.91 Å². The normalized spacial score (nSPS) is 14.7. The average Bonchev–Trinajstić information content (AvgIpc) is 2.81. The number of rotatable bonds is 7. The Hall–Kier alpha value is -3.35. The minimum Gasteiger partial charge on any atom is -0.357 e. The van der Waals surface area contributed by atoms with Crippen molar-refractivity contribution in [3.05, 3.63) is 71.3 Å². The second-order valence-electron chi connectivity index (χ2n) is 8.57. The zero-order valence-corrected chi connectivity index (χ0v) is 19.1. The Kier molecular flexibility index (Phi) is 7.87. The highest BCUT2D eigenvalue weighted by atomic mass is 16.2. The Morgan fingerprint density at radius 1 is 1.09 bits per heavy atom. The second kappa shape index (κ2) is 10.8. The zero-order chi connectivity index (χ0) is 23.0. The van der Waals surface area contributed by atoms with Crippen LogP contribution in [0.5, 0.6) is 0 Å². The Morgan fingerprint density at radius 3 is 2.47 bits per heavy atom. The maximum absolute atomic E-state index is 12.6. The van der Waals surface area contributed by atoms with Gasteiger partial charge in [0, 0.05) is 37.2 Å². The molecule has 2 amide bonds. The first-order valence-corrected chi connectivity index (χ1v) is 11.1. The lowest BCUT2D eigenvalue weighted by Gasteiger charge is -2.27. The molecule has 0 unspecified atom stereocenters. The van der Waals surface area contributed by atoms with Crippen molar-refractivity contribution < 1.29 is 9.59 Å². The number of hydrogen-bond acceptors (Lipinski definition) is 3. The summed E-state index contributed by atoms with van der Waals surface area (Å²) < 4.78 is 0. The van der Waals surface area contributed by atoms with Crippen molar-refractivity contribution in [3.63, 3.8) is 0 Å². The summed E-state index contributed by atoms with van der Waals surface area (Å²) in [6, 6.07) is 17.9. The highest BCUT2D eigenvalue weighted by Gasteiger charge is 2.22. The molecule has 2 aromatic rings. The number of carbonyl (C=O) groups is 2. The lowest BCUT2D eigenvalue weighted by molar-refractivity contribution is -0.123. The lowest BCUT2D eigenvalue weighted by Crippen LogP contribution is -2.49. The van der Waals surface area contributed by atoms with Gasteiger partial charge in [-0.3, -0.25) is 9.59 Å². The summed E-state index contributed by atoms with van der Waals surface area (Å²) in [6.07, 6.45) is 0. The number of aliphatic imine (C=N–C) groups is 1. The molecule has 0 saturated carbocycles. The molecule has 32 heavy (non-hydrogen) atoms. The van der Waals surface area contributed by atoms with Crippen molar-refractivity contribution in [2.45, 2.75) is 32.7 Å². The molecule has 0 aromatic heterocycles. The van der Waals surface area contributed by atoms with Gasteiger partial charge in [0.05, 0.1) is 13.1 Å². The van der Waals surface area contributed by atoms with Crippen molar-refractivity contribution in [1.29, 1.82) is 0 Å². The van der Waals surface area contributed by atoms with E-state index in [2.05, 4.69) is 54.1 Å². The second-order valence-corrected chi connectivity index (χ2v) is 8.57. The van der Waals surface area contributed by atoms with E-state index in [9.17, 15) is 9.59 Å². The summed E-state index contributed by atoms with van der Waals surface area (Å²) in [4.78, 5) is 30.4. The average molecular weight is 436 g/mol. The third-order valence-corrected chi connectivity index (χ3v) is 5.54. The van der Waals surface area contributed by atoms with E-state index in [4.69, 9.17) is 4.99 Å². The predicted molar refractivity (Wildman–Crippen MR) is 128 cm³/mol. The summed E-state index contributed by atoms with van der Waals surface area (Å²) >= 11 is 0. The lowest BCUT2D eigenvalue weighted by atomic mass is 9.85. The van der Waals surface area contributed by atoms with Crippen LogP contribution in [0.3, 0.4) is 0 Å². The molecule has 3 N–H and O–H groups in total. The Balaban J connectivity index is 1.59. The van der Waals surface area contributed by atoms with Gasteiger partial charge in [-0.05, 0) is 30.2 Å². The SMILES string of the molecule is CCNC(=NCc1ccc(C(=O)N2CCNC(=O)C2)cc1)NCC(C)(C)c1ccccc1. The Bertz CT molecular complexity index is 939. The van der Waals surface area contributed by atoms with Gasteiger partial charge in [-0.1, -0.05) is 56.3 Å². The van der Waals surface area contributed by atoms with E-state index >= 15 is 0 Å². The summed E-state index contributed by atoms with van der Waals surface area (Å²) in [5, 5.41) is 9.47. The van der Waals surface area contributed by atoms with E-state index in [1.165, 1.54) is 5.56 Å². The smallest absolute Gasteiger partial charge is 0.254 e. The van der Waals surface area contributed by atoms with Gasteiger partial charge in [0.2, 0.25) is 5.91 Å². The number of benzene rings is 2. The van der Waals surface area contributed by atoms with E-state index in [0.717, 1.165) is 24.6 Å². The molecule has 3 rings (SSSR count). The quantitative estimate of drug-likeness (QED) is 0.460. The summed E-state index contributed by atoms with van der Waals surface area (Å²) in [7, 11) is 0. The zero-order valence-electron chi connectivity index (χ0n) is 19.1. The van der Waals surface area contributed by atoms with Crippen LogP contribution in [0.15, 0.2) is 59.6 Å². The van der Waals surface area contributed by atoms with Gasteiger partial charge >= 0.3 is 0 Å². The molecule has 2 aromatic carbocycles. The molecule has 1 saturated heterocycles. The summed E-state index contributed by atoms with van der Waals surface area (Å²) in [5.74, 6) is 0.526. The van der Waals surface area contributed by atoms with Gasteiger partial charge < -0.3 is 20.9 Å². The maximum atomic E-state index is 12.6. The number of amides is 2. The van der Waals surface area contributed by atoms with Crippen LogP contribution in [0, 0.1) is 0 Å². The summed E-state index contributed by atoms with van der Waals surface area (Å²) in [5.41, 5.74) is 2.83. The first-order chi connectivity index (χ1) is 15.4. The van der Waals surface area contributed by atoms with Crippen molar-refractivity contribution in [1.82, 2.24) is 20.9 Å². The van der Waals surface area contributed by atoms with Gasteiger partial charge in [0.15, 0.2) is 5.96 Å². The minimum atomic E-state index is -0.118. The third-order valence-electron chi connectivity index (χ3n) is 5.54. The first kappa shape index (κ1) is 23.3. The third kappa shape index (κ3) is 6.33. The van der Waals surface area contributed by atoms with Crippen LogP contribution in [-0.2, 0) is 16.8 Å². The van der Waals surface area contributed by atoms with Gasteiger partial charge in [0.1, 0.15) is 0 Å². The Labute approximate surface area is 190 Å². The van der Waals surface area contributed by atoms with Crippen LogP contribution in [0.2, 0.25) is 0 Å². The van der Waals surface area contributed by atoms with Gasteiger partial charge in [-0.25, -0.2) is 4.99 Å². The molecule has 170 valence electrons. The van der Waals surface area contributed by atoms with E-state index in [0.29, 0.717) is 25.2 Å². The number of piperazine rings is 1. The Morgan fingerprint density at radius 2 is 1.81 bits per heavy atom. The molecule has 1 aliphatic rings. The highest BCUT2D eigenvalue weighted by Crippen LogP contribution is 2.21. The largest absolute Gasteiger partial charge is 0.357 e. The molecular formula is C25H33N5O2. The fraction of sp³-hybridized carbons (Fsp3) is 0.400. The molecule has 1 aliphatic heterocycles. The standard InChI is InChI=1S/C25H33N5O2/c1-4-26-24(29-18-25(2,3)21-8-6-5-7-9-21)28-16-19-10-12-20(13-11-19)23(32)30-15-14-27-22(31)17-30/h5-13H,4,14-18H2,1-3H3,(H,27,31)(H2,26,28,29). The fourth-order valence-electron chi connectivity index (χ4n) is 3.56. The number of nitrogens with zero attached hydrogens (tertiary/aromatic N) is 2. The highest BCUT2D eigenvalue weighted by molar-refractivity contribution is 5.97. The van der Waals surface area contributed by atoms with E-state index in [1.807, 2.05) is 25.1 Å². The van der Waals surface area contributed by atoms with Crippen LogP contribution in [0.25, 0.3) is 0 Å². The predicted octanol–water partition coefficient (Wildman–Crippen LogP) is 2.29. The number of hydrogen-bond donors (Lipinski definition) is 3. The van der Waals surface area contributed by atoms with Crippen molar-refractivity contribution in [2.24, 2.45) is 4.99 Å². The maximum Gasteiger partial charge on any atom is 0.254 e.